The molecule has 1 atom stereocenters. The first-order valence-electron chi connectivity index (χ1n) is 8.07. The molecule has 6 nitrogen and oxygen atoms in total. The lowest BCUT2D eigenvalue weighted by molar-refractivity contribution is 0.0957. The van der Waals surface area contributed by atoms with Crippen LogP contribution in [0.4, 0.5) is 14.6 Å². The molecule has 3 rings (SSSR count). The molecule has 1 aliphatic rings. The minimum absolute atomic E-state index is 0.121. The Hall–Kier alpha value is -2.07. The van der Waals surface area contributed by atoms with Crippen LogP contribution in [0.1, 0.15) is 35.2 Å². The van der Waals surface area contributed by atoms with Crippen LogP contribution in [0.5, 0.6) is 5.75 Å². The van der Waals surface area contributed by atoms with Crippen molar-refractivity contribution in [3.8, 4) is 5.75 Å². The molecule has 144 valence electrons. The van der Waals surface area contributed by atoms with Crippen molar-refractivity contribution in [1.29, 1.82) is 0 Å². The maximum Gasteiger partial charge on any atom is 0.309 e. The predicted octanol–water partition coefficient (Wildman–Crippen LogP) is 3.63. The normalized spacial score (nSPS) is 15.9. The Morgan fingerprint density at radius 2 is 2.15 bits per heavy atom. The lowest BCUT2D eigenvalue weighted by Crippen LogP contribution is -2.20. The number of anilines is 1. The summed E-state index contributed by atoms with van der Waals surface area (Å²) in [7, 11) is -4.04. The molecule has 1 aromatic heterocycles. The van der Waals surface area contributed by atoms with E-state index in [4.69, 9.17) is 4.18 Å². The third kappa shape index (κ3) is 3.96. The van der Waals surface area contributed by atoms with E-state index < -0.39 is 44.8 Å². The second-order valence-corrected chi connectivity index (χ2v) is 8.57. The summed E-state index contributed by atoms with van der Waals surface area (Å²) in [4.78, 5) is 17.0. The maximum atomic E-state index is 14.8. The Morgan fingerprint density at radius 3 is 2.85 bits per heavy atom. The highest BCUT2D eigenvalue weighted by Crippen LogP contribution is 2.36. The summed E-state index contributed by atoms with van der Waals surface area (Å²) in [6, 6.07) is 3.32. The molecule has 0 spiro atoms. The van der Waals surface area contributed by atoms with E-state index in [1.54, 1.807) is 13.0 Å². The molecule has 1 N–H and O–H groups in total. The number of carbonyl (C=O) groups is 1. The number of Topliss-reactive ketones (excluding diaryl/α,β-unsaturated/α-hetero) is 1. The minimum atomic E-state index is -4.04. The van der Waals surface area contributed by atoms with E-state index in [0.29, 0.717) is 15.9 Å². The Kier molecular flexibility index (Phi) is 5.48. The van der Waals surface area contributed by atoms with Gasteiger partial charge in [0, 0.05) is 22.8 Å². The third-order valence-electron chi connectivity index (χ3n) is 4.02. The zero-order chi connectivity index (χ0) is 19.8. The highest BCUT2D eigenvalue weighted by atomic mass is 79.9. The molecule has 2 heterocycles. The number of hydrogen-bond acceptors (Lipinski definition) is 6. The summed E-state index contributed by atoms with van der Waals surface area (Å²) in [5.41, 5.74) is -0.336. The van der Waals surface area contributed by atoms with Crippen LogP contribution in [0.2, 0.25) is 0 Å². The second kappa shape index (κ2) is 7.51. The van der Waals surface area contributed by atoms with E-state index in [2.05, 4.69) is 26.2 Å². The molecule has 1 aliphatic heterocycles. The molecule has 0 aliphatic carbocycles. The van der Waals surface area contributed by atoms with E-state index in [-0.39, 0.29) is 18.7 Å². The lowest BCUT2D eigenvalue weighted by atomic mass is 9.92. The molecule has 0 radical (unpaired) electrons. The summed E-state index contributed by atoms with van der Waals surface area (Å²) in [6.07, 6.45) is 1.80. The quantitative estimate of drug-likeness (QED) is 0.523. The van der Waals surface area contributed by atoms with E-state index in [9.17, 15) is 22.0 Å². The number of ketones is 1. The van der Waals surface area contributed by atoms with Gasteiger partial charge in [-0.25, -0.2) is 13.8 Å². The fourth-order valence-electron chi connectivity index (χ4n) is 2.84. The first-order valence-corrected chi connectivity index (χ1v) is 10.4. The van der Waals surface area contributed by atoms with Gasteiger partial charge in [-0.05, 0) is 40.5 Å². The lowest BCUT2D eigenvalue weighted by Gasteiger charge is -2.13. The van der Waals surface area contributed by atoms with Gasteiger partial charge in [0.2, 0.25) is 0 Å². The van der Waals surface area contributed by atoms with Gasteiger partial charge in [0.25, 0.3) is 0 Å². The standard InChI is InChI=1S/C17H15BrF2N2O4S/c1-2-5-27(24,25)26-13-4-3-12(19)14(15(13)20)16(23)11-8-22-17-10(11)6-9(18)7-21-17/h3-4,6-7,11H,2,5,8H2,1H3,(H,21,22). The van der Waals surface area contributed by atoms with Crippen LogP contribution in [0.3, 0.4) is 0 Å². The topological polar surface area (TPSA) is 85.4 Å². The maximum absolute atomic E-state index is 14.8. The molecule has 2 aromatic rings. The van der Waals surface area contributed by atoms with Crippen LogP contribution in [0.25, 0.3) is 0 Å². The van der Waals surface area contributed by atoms with Gasteiger partial charge in [-0.15, -0.1) is 0 Å². The fourth-order valence-corrected chi connectivity index (χ4v) is 4.17. The number of halogens is 3. The SMILES string of the molecule is CCCS(=O)(=O)Oc1ccc(F)c(C(=O)C2CNc3ncc(Br)cc32)c1F. The highest BCUT2D eigenvalue weighted by molar-refractivity contribution is 9.10. The molecule has 0 saturated heterocycles. The van der Waals surface area contributed by atoms with Crippen molar-refractivity contribution in [3.63, 3.8) is 0 Å². The molecular weight excluding hydrogens is 446 g/mol. The first kappa shape index (κ1) is 19.7. The van der Waals surface area contributed by atoms with Crippen molar-refractivity contribution in [2.24, 2.45) is 0 Å². The fraction of sp³-hybridized carbons (Fsp3) is 0.294. The molecule has 0 saturated carbocycles. The molecule has 10 heteroatoms. The zero-order valence-electron chi connectivity index (χ0n) is 14.1. The van der Waals surface area contributed by atoms with Crippen molar-refractivity contribution in [2.75, 3.05) is 17.6 Å². The van der Waals surface area contributed by atoms with Gasteiger partial charge in [0.1, 0.15) is 11.6 Å². The van der Waals surface area contributed by atoms with Gasteiger partial charge < -0.3 is 9.50 Å². The minimum Gasteiger partial charge on any atom is -0.379 e. The number of carbonyl (C=O) groups excluding carboxylic acids is 1. The third-order valence-corrected chi connectivity index (χ3v) is 5.80. The smallest absolute Gasteiger partial charge is 0.309 e. The number of aromatic nitrogens is 1. The van der Waals surface area contributed by atoms with E-state index >= 15 is 0 Å². The summed E-state index contributed by atoms with van der Waals surface area (Å²) in [6.45, 7) is 1.74. The summed E-state index contributed by atoms with van der Waals surface area (Å²) >= 11 is 3.25. The number of fused-ring (bicyclic) bond motifs is 1. The first-order chi connectivity index (χ1) is 12.7. The number of hydrogen-bond donors (Lipinski definition) is 1. The summed E-state index contributed by atoms with van der Waals surface area (Å²) in [5.74, 6) is -4.69. The van der Waals surface area contributed by atoms with Gasteiger partial charge >= 0.3 is 10.1 Å². The van der Waals surface area contributed by atoms with Gasteiger partial charge in [-0.2, -0.15) is 8.42 Å². The summed E-state index contributed by atoms with van der Waals surface area (Å²) < 4.78 is 57.9. The second-order valence-electron chi connectivity index (χ2n) is 5.97. The predicted molar refractivity (Wildman–Crippen MR) is 98.6 cm³/mol. The van der Waals surface area contributed by atoms with Gasteiger partial charge in [-0.3, -0.25) is 4.79 Å². The zero-order valence-corrected chi connectivity index (χ0v) is 16.5. The van der Waals surface area contributed by atoms with Crippen LogP contribution in [-0.4, -0.2) is 31.5 Å². The molecule has 0 amide bonds. The number of rotatable bonds is 6. The van der Waals surface area contributed by atoms with E-state index in [1.165, 1.54) is 6.20 Å². The van der Waals surface area contributed by atoms with Gasteiger partial charge in [-0.1, -0.05) is 6.92 Å². The van der Waals surface area contributed by atoms with Gasteiger partial charge in [0.15, 0.2) is 17.3 Å². The monoisotopic (exact) mass is 460 g/mol. The largest absolute Gasteiger partial charge is 0.379 e. The Bertz CT molecular complexity index is 1010. The van der Waals surface area contributed by atoms with Crippen LogP contribution >= 0.6 is 15.9 Å². The van der Waals surface area contributed by atoms with Crippen LogP contribution in [0, 0.1) is 11.6 Å². The molecule has 0 fully saturated rings. The van der Waals surface area contributed by atoms with E-state index in [1.807, 2.05) is 0 Å². The van der Waals surface area contributed by atoms with Crippen molar-refractivity contribution in [2.45, 2.75) is 19.3 Å². The van der Waals surface area contributed by atoms with Crippen LogP contribution < -0.4 is 9.50 Å². The van der Waals surface area contributed by atoms with Crippen LogP contribution in [-0.2, 0) is 10.1 Å². The Balaban J connectivity index is 1.99. The number of nitrogens with zero attached hydrogens (tertiary/aromatic N) is 1. The number of pyridine rings is 1. The molecule has 1 aromatic carbocycles. The Morgan fingerprint density at radius 1 is 1.41 bits per heavy atom. The molecule has 1 unspecified atom stereocenters. The highest BCUT2D eigenvalue weighted by Gasteiger charge is 2.34. The summed E-state index contributed by atoms with van der Waals surface area (Å²) in [5, 5.41) is 2.91. The van der Waals surface area contributed by atoms with E-state index in [0.717, 1.165) is 12.1 Å². The van der Waals surface area contributed by atoms with Crippen molar-refractivity contribution < 1.29 is 26.2 Å². The number of benzene rings is 1. The van der Waals surface area contributed by atoms with Crippen molar-refractivity contribution >= 4 is 37.6 Å². The van der Waals surface area contributed by atoms with Crippen molar-refractivity contribution in [3.05, 3.63) is 51.6 Å². The average Bonchev–Trinajstić information content (AvgIpc) is 3.00. The molecule has 27 heavy (non-hydrogen) atoms. The molecule has 0 bridgehead atoms. The Labute approximate surface area is 163 Å². The number of nitrogens with one attached hydrogen (secondary N) is 1. The average molecular weight is 461 g/mol. The van der Waals surface area contributed by atoms with Gasteiger partial charge in [0.05, 0.1) is 17.2 Å². The van der Waals surface area contributed by atoms with Crippen molar-refractivity contribution in [1.82, 2.24) is 4.98 Å². The van der Waals surface area contributed by atoms with Crippen LogP contribution in [0.15, 0.2) is 28.9 Å². The molecular formula is C17H15BrF2N2O4S.